The fraction of sp³-hybridized carbons (Fsp3) is 0.438. The van der Waals surface area contributed by atoms with E-state index in [0.717, 1.165) is 35.7 Å². The fourth-order valence-corrected chi connectivity index (χ4v) is 4.02. The lowest BCUT2D eigenvalue weighted by atomic mass is 9.95. The van der Waals surface area contributed by atoms with Gasteiger partial charge in [-0.3, -0.25) is 0 Å². The molecule has 0 spiro atoms. The predicted molar refractivity (Wildman–Crippen MR) is 83.4 cm³/mol. The SMILES string of the molecule is CCC(N)(CC)c1nc2c(s1)Cc1ccc(OC)cc1-2. The molecular weight excluding hydrogens is 268 g/mol. The van der Waals surface area contributed by atoms with E-state index in [1.165, 1.54) is 16.0 Å². The van der Waals surface area contributed by atoms with E-state index < -0.39 is 0 Å². The molecule has 0 saturated carbocycles. The van der Waals surface area contributed by atoms with Crippen LogP contribution < -0.4 is 10.5 Å². The molecule has 0 atom stereocenters. The maximum Gasteiger partial charge on any atom is 0.119 e. The maximum absolute atomic E-state index is 6.48. The second-order valence-corrected chi connectivity index (χ2v) is 6.44. The zero-order chi connectivity index (χ0) is 14.3. The van der Waals surface area contributed by atoms with Crippen molar-refractivity contribution in [1.82, 2.24) is 4.98 Å². The number of aromatic nitrogens is 1. The molecule has 1 aliphatic carbocycles. The molecule has 0 unspecified atom stereocenters. The van der Waals surface area contributed by atoms with Crippen LogP contribution in [0.5, 0.6) is 5.75 Å². The Balaban J connectivity index is 2.06. The van der Waals surface area contributed by atoms with Gasteiger partial charge < -0.3 is 10.5 Å². The Hall–Kier alpha value is -1.39. The number of benzene rings is 1. The second kappa shape index (κ2) is 4.86. The number of methoxy groups -OCH3 is 1. The van der Waals surface area contributed by atoms with Crippen LogP contribution in [0.15, 0.2) is 18.2 Å². The number of nitrogens with two attached hydrogens (primary N) is 1. The van der Waals surface area contributed by atoms with Gasteiger partial charge >= 0.3 is 0 Å². The van der Waals surface area contributed by atoms with Crippen LogP contribution in [0, 0.1) is 0 Å². The van der Waals surface area contributed by atoms with Crippen molar-refractivity contribution < 1.29 is 4.74 Å². The molecule has 4 heteroatoms. The molecule has 1 aliphatic rings. The van der Waals surface area contributed by atoms with Crippen LogP contribution in [-0.2, 0) is 12.0 Å². The van der Waals surface area contributed by atoms with Crippen molar-refractivity contribution in [2.45, 2.75) is 38.6 Å². The van der Waals surface area contributed by atoms with Gasteiger partial charge in [0.05, 0.1) is 18.3 Å². The van der Waals surface area contributed by atoms with Crippen LogP contribution in [0.1, 0.15) is 42.1 Å². The van der Waals surface area contributed by atoms with Gasteiger partial charge in [0.25, 0.3) is 0 Å². The summed E-state index contributed by atoms with van der Waals surface area (Å²) >= 11 is 1.77. The number of nitrogens with zero attached hydrogens (tertiary/aromatic N) is 1. The van der Waals surface area contributed by atoms with Gasteiger partial charge in [-0.15, -0.1) is 11.3 Å². The number of hydrogen-bond donors (Lipinski definition) is 1. The fourth-order valence-electron chi connectivity index (χ4n) is 2.68. The van der Waals surface area contributed by atoms with E-state index in [1.54, 1.807) is 18.4 Å². The highest BCUT2D eigenvalue weighted by Gasteiger charge is 2.31. The van der Waals surface area contributed by atoms with Crippen molar-refractivity contribution >= 4 is 11.3 Å². The summed E-state index contributed by atoms with van der Waals surface area (Å²) < 4.78 is 5.32. The quantitative estimate of drug-likeness (QED) is 0.796. The lowest BCUT2D eigenvalue weighted by molar-refractivity contribution is 0.411. The number of ether oxygens (including phenoxy) is 1. The Bertz CT molecular complexity index is 644. The molecule has 0 bridgehead atoms. The summed E-state index contributed by atoms with van der Waals surface area (Å²) in [5.41, 5.74) is 9.84. The summed E-state index contributed by atoms with van der Waals surface area (Å²) in [6.07, 6.45) is 2.80. The summed E-state index contributed by atoms with van der Waals surface area (Å²) in [5.74, 6) is 0.885. The summed E-state index contributed by atoms with van der Waals surface area (Å²) in [6.45, 7) is 4.26. The maximum atomic E-state index is 6.48. The number of rotatable bonds is 4. The molecule has 2 aromatic rings. The summed E-state index contributed by atoms with van der Waals surface area (Å²) in [7, 11) is 1.70. The van der Waals surface area contributed by atoms with Crippen LogP contribution in [0.4, 0.5) is 0 Å². The number of hydrogen-bond acceptors (Lipinski definition) is 4. The predicted octanol–water partition coefficient (Wildman–Crippen LogP) is 3.70. The third kappa shape index (κ3) is 1.95. The van der Waals surface area contributed by atoms with Crippen molar-refractivity contribution in [3.05, 3.63) is 33.6 Å². The van der Waals surface area contributed by atoms with Crippen molar-refractivity contribution in [1.29, 1.82) is 0 Å². The molecule has 20 heavy (non-hydrogen) atoms. The number of thiazole rings is 1. The van der Waals surface area contributed by atoms with E-state index in [4.69, 9.17) is 15.5 Å². The highest BCUT2D eigenvalue weighted by molar-refractivity contribution is 7.12. The largest absolute Gasteiger partial charge is 0.497 e. The third-order valence-electron chi connectivity index (χ3n) is 4.31. The molecule has 0 radical (unpaired) electrons. The minimum Gasteiger partial charge on any atom is -0.497 e. The normalized spacial score (nSPS) is 13.2. The first-order valence-electron chi connectivity index (χ1n) is 7.07. The first-order valence-corrected chi connectivity index (χ1v) is 7.89. The Morgan fingerprint density at radius 1 is 1.35 bits per heavy atom. The van der Waals surface area contributed by atoms with Crippen molar-refractivity contribution in [2.75, 3.05) is 7.11 Å². The summed E-state index contributed by atoms with van der Waals surface area (Å²) in [5, 5.41) is 1.07. The van der Waals surface area contributed by atoms with Gasteiger partial charge in [-0.05, 0) is 30.5 Å². The topological polar surface area (TPSA) is 48.1 Å². The minimum absolute atomic E-state index is 0.284. The van der Waals surface area contributed by atoms with Crippen LogP contribution in [0.3, 0.4) is 0 Å². The zero-order valence-electron chi connectivity index (χ0n) is 12.2. The van der Waals surface area contributed by atoms with E-state index in [2.05, 4.69) is 26.0 Å². The van der Waals surface area contributed by atoms with Crippen molar-refractivity contribution in [3.8, 4) is 17.0 Å². The summed E-state index contributed by atoms with van der Waals surface area (Å²) in [6, 6.07) is 6.24. The Morgan fingerprint density at radius 3 is 2.75 bits per heavy atom. The third-order valence-corrected chi connectivity index (χ3v) is 5.58. The number of fused-ring (bicyclic) bond motifs is 3. The monoisotopic (exact) mass is 288 g/mol. The van der Waals surface area contributed by atoms with Crippen LogP contribution >= 0.6 is 11.3 Å². The standard InChI is InChI=1S/C16H20N2OS/c1-4-16(17,5-2)15-18-14-12-9-11(19-3)7-6-10(12)8-13(14)20-15/h6-7,9H,4-5,8,17H2,1-3H3. The molecular formula is C16H20N2OS. The van der Waals surface area contributed by atoms with Gasteiger partial charge in [0.1, 0.15) is 10.8 Å². The Kier molecular flexibility index (Phi) is 3.30. The van der Waals surface area contributed by atoms with Crippen molar-refractivity contribution in [3.63, 3.8) is 0 Å². The van der Waals surface area contributed by atoms with E-state index in [9.17, 15) is 0 Å². The van der Waals surface area contributed by atoms with E-state index in [1.807, 2.05) is 6.07 Å². The lowest BCUT2D eigenvalue weighted by Gasteiger charge is -2.23. The molecule has 0 aliphatic heterocycles. The second-order valence-electron chi connectivity index (χ2n) is 5.35. The highest BCUT2D eigenvalue weighted by atomic mass is 32.1. The highest BCUT2D eigenvalue weighted by Crippen LogP contribution is 2.43. The molecule has 3 nitrogen and oxygen atoms in total. The molecule has 3 rings (SSSR count). The van der Waals surface area contributed by atoms with Gasteiger partial charge in [0.2, 0.25) is 0 Å². The first-order chi connectivity index (χ1) is 9.61. The average Bonchev–Trinajstić information content (AvgIpc) is 3.03. The van der Waals surface area contributed by atoms with Gasteiger partial charge in [-0.25, -0.2) is 4.98 Å². The molecule has 0 saturated heterocycles. The van der Waals surface area contributed by atoms with Crippen LogP contribution in [0.2, 0.25) is 0 Å². The van der Waals surface area contributed by atoms with Crippen LogP contribution in [-0.4, -0.2) is 12.1 Å². The van der Waals surface area contributed by atoms with Gasteiger partial charge in [-0.1, -0.05) is 19.9 Å². The van der Waals surface area contributed by atoms with Gasteiger partial charge in [0, 0.05) is 16.9 Å². The molecule has 1 heterocycles. The smallest absolute Gasteiger partial charge is 0.119 e. The molecule has 1 aromatic heterocycles. The zero-order valence-corrected chi connectivity index (χ0v) is 13.0. The molecule has 106 valence electrons. The van der Waals surface area contributed by atoms with Crippen molar-refractivity contribution in [2.24, 2.45) is 5.73 Å². The Morgan fingerprint density at radius 2 is 2.10 bits per heavy atom. The minimum atomic E-state index is -0.284. The average molecular weight is 288 g/mol. The van der Waals surface area contributed by atoms with E-state index >= 15 is 0 Å². The van der Waals surface area contributed by atoms with E-state index in [0.29, 0.717) is 0 Å². The van der Waals surface area contributed by atoms with Gasteiger partial charge in [0.15, 0.2) is 0 Å². The lowest BCUT2D eigenvalue weighted by Crippen LogP contribution is -2.34. The molecule has 0 amide bonds. The molecule has 1 aromatic carbocycles. The van der Waals surface area contributed by atoms with Gasteiger partial charge in [-0.2, -0.15) is 0 Å². The summed E-state index contributed by atoms with van der Waals surface area (Å²) in [4.78, 5) is 6.19. The Labute approximate surface area is 123 Å². The van der Waals surface area contributed by atoms with Crippen LogP contribution in [0.25, 0.3) is 11.3 Å². The first kappa shape index (κ1) is 13.6. The van der Waals surface area contributed by atoms with E-state index in [-0.39, 0.29) is 5.54 Å². The molecule has 2 N–H and O–H groups in total. The molecule has 0 fully saturated rings.